The number of halogens is 5. The lowest BCUT2D eigenvalue weighted by molar-refractivity contribution is -0.114. The lowest BCUT2D eigenvalue weighted by Crippen LogP contribution is -2.47. The number of amides is 1. The number of rotatable bonds is 5. The molecule has 5 rings (SSSR count). The molecule has 0 aliphatic carbocycles. The van der Waals surface area contributed by atoms with Gasteiger partial charge in [0.1, 0.15) is 28.6 Å². The minimum atomic E-state index is -1.91. The Morgan fingerprint density at radius 2 is 1.81 bits per heavy atom. The maximum Gasteiger partial charge on any atom is 0.335 e. The number of fused-ring (bicyclic) bond motifs is 1. The molecule has 1 fully saturated rings. The van der Waals surface area contributed by atoms with Crippen LogP contribution in [0.25, 0.3) is 5.57 Å². The summed E-state index contributed by atoms with van der Waals surface area (Å²) >= 11 is 12.2. The van der Waals surface area contributed by atoms with Crippen molar-refractivity contribution in [2.24, 2.45) is 5.41 Å². The summed E-state index contributed by atoms with van der Waals surface area (Å²) in [7, 11) is 0. The van der Waals surface area contributed by atoms with Gasteiger partial charge < -0.3 is 10.0 Å². The summed E-state index contributed by atoms with van der Waals surface area (Å²) in [6.07, 6.45) is 0.235. The van der Waals surface area contributed by atoms with Crippen LogP contribution in [0.1, 0.15) is 48.7 Å². The maximum absolute atomic E-state index is 15.8. The Bertz CT molecular complexity index is 1730. The van der Waals surface area contributed by atoms with Crippen LogP contribution in [-0.2, 0) is 10.2 Å². The summed E-state index contributed by atoms with van der Waals surface area (Å²) in [4.78, 5) is 28.2. The third-order valence-corrected chi connectivity index (χ3v) is 8.11. The second-order valence-electron chi connectivity index (χ2n) is 11.5. The molecule has 216 valence electrons. The number of carboxylic acids is 1. The molecule has 2 aliphatic rings. The van der Waals surface area contributed by atoms with Gasteiger partial charge in [-0.15, -0.1) is 0 Å². The molecule has 6 nitrogen and oxygen atoms in total. The van der Waals surface area contributed by atoms with Gasteiger partial charge in [-0.05, 0) is 48.2 Å². The highest BCUT2D eigenvalue weighted by Crippen LogP contribution is 2.57. The van der Waals surface area contributed by atoms with E-state index < -0.39 is 46.2 Å². The van der Waals surface area contributed by atoms with Crippen molar-refractivity contribution >= 4 is 46.3 Å². The van der Waals surface area contributed by atoms with Crippen molar-refractivity contribution in [1.82, 2.24) is 4.90 Å². The molecule has 0 bridgehead atoms. The van der Waals surface area contributed by atoms with E-state index in [0.717, 1.165) is 17.0 Å². The molecule has 1 amide bonds. The molecule has 42 heavy (non-hydrogen) atoms. The quantitative estimate of drug-likeness (QED) is 0.324. The van der Waals surface area contributed by atoms with Gasteiger partial charge in [0.05, 0.1) is 35.1 Å². The van der Waals surface area contributed by atoms with Crippen LogP contribution in [-0.4, -0.2) is 34.6 Å². The molecule has 3 aromatic rings. The van der Waals surface area contributed by atoms with E-state index in [0.29, 0.717) is 0 Å². The zero-order valence-corrected chi connectivity index (χ0v) is 24.2. The van der Waals surface area contributed by atoms with Gasteiger partial charge in [0.2, 0.25) is 0 Å². The lowest BCUT2D eigenvalue weighted by Gasteiger charge is -2.40. The van der Waals surface area contributed by atoms with Crippen LogP contribution in [0.15, 0.2) is 60.3 Å². The monoisotopic (exact) mass is 613 g/mol. The number of carbonyl (C=O) groups excluding carboxylic acids is 1. The Hall–Kier alpha value is -4.00. The summed E-state index contributed by atoms with van der Waals surface area (Å²) in [5.74, 6) is -4.79. The summed E-state index contributed by atoms with van der Waals surface area (Å²) in [6, 6.07) is 12.4. The highest BCUT2D eigenvalue weighted by atomic mass is 35.5. The molecule has 1 saturated heterocycles. The van der Waals surface area contributed by atoms with Gasteiger partial charge in [0.25, 0.3) is 5.91 Å². The van der Waals surface area contributed by atoms with Crippen molar-refractivity contribution in [3.63, 3.8) is 0 Å². The SMILES string of the molecule is CC(C)(C)C[C@@H]1N2CN(c3ccc(C(=O)O)cc3F)C(=O)C2=C(c2cccc(Cl)c2F)[C@@]1(C#N)c1ccc(Cl)cc1F. The van der Waals surface area contributed by atoms with E-state index in [2.05, 4.69) is 6.07 Å². The fourth-order valence-corrected chi connectivity index (χ4v) is 6.20. The highest BCUT2D eigenvalue weighted by Gasteiger charge is 2.61. The average molecular weight is 614 g/mol. The Morgan fingerprint density at radius 3 is 2.40 bits per heavy atom. The molecule has 0 unspecified atom stereocenters. The predicted octanol–water partition coefficient (Wildman–Crippen LogP) is 7.41. The van der Waals surface area contributed by atoms with Gasteiger partial charge in [-0.25, -0.2) is 18.0 Å². The van der Waals surface area contributed by atoms with Crippen LogP contribution in [0.2, 0.25) is 10.0 Å². The number of hydrogen-bond acceptors (Lipinski definition) is 4. The van der Waals surface area contributed by atoms with Crippen LogP contribution in [0.3, 0.4) is 0 Å². The molecule has 0 saturated carbocycles. The summed E-state index contributed by atoms with van der Waals surface area (Å²) < 4.78 is 46.8. The number of nitrogens with zero attached hydrogens (tertiary/aromatic N) is 3. The van der Waals surface area contributed by atoms with E-state index >= 15 is 13.2 Å². The van der Waals surface area contributed by atoms with Crippen LogP contribution in [0.5, 0.6) is 0 Å². The van der Waals surface area contributed by atoms with Crippen molar-refractivity contribution < 1.29 is 27.9 Å². The number of carboxylic acid groups (broad SMARTS) is 1. The molecular weight excluding hydrogens is 590 g/mol. The first kappa shape index (κ1) is 29.5. The fourth-order valence-electron chi connectivity index (χ4n) is 5.87. The van der Waals surface area contributed by atoms with Gasteiger partial charge in [-0.1, -0.05) is 62.2 Å². The molecule has 0 aromatic heterocycles. The van der Waals surface area contributed by atoms with E-state index in [1.165, 1.54) is 42.5 Å². The standard InChI is InChI=1S/C31H24Cl2F3N3O3/c1-30(2,3)13-24-31(14-37,19-9-8-17(32)12-21(19)34)25(18-5-4-6-20(33)26(18)36)27-28(40)38(15-39(24)27)23-10-7-16(29(41)42)11-22(23)35/h4-12,24H,13,15H2,1-3H3,(H,41,42)/t24-,31-/m0/s1. The topological polar surface area (TPSA) is 84.6 Å². The van der Waals surface area contributed by atoms with Crippen molar-refractivity contribution in [2.75, 3.05) is 11.6 Å². The second-order valence-corrected chi connectivity index (χ2v) is 12.3. The number of benzene rings is 3. The van der Waals surface area contributed by atoms with Gasteiger partial charge in [-0.2, -0.15) is 5.26 Å². The van der Waals surface area contributed by atoms with Crippen molar-refractivity contribution in [3.8, 4) is 6.07 Å². The van der Waals surface area contributed by atoms with Gasteiger partial charge >= 0.3 is 5.97 Å². The van der Waals surface area contributed by atoms with Crippen molar-refractivity contribution in [3.05, 3.63) is 104 Å². The predicted molar refractivity (Wildman–Crippen MR) is 152 cm³/mol. The maximum atomic E-state index is 15.8. The van der Waals surface area contributed by atoms with Crippen LogP contribution in [0.4, 0.5) is 18.9 Å². The minimum absolute atomic E-state index is 0.0842. The second kappa shape index (κ2) is 10.4. The molecule has 11 heteroatoms. The number of aromatic carboxylic acids is 1. The largest absolute Gasteiger partial charge is 0.478 e. The van der Waals surface area contributed by atoms with Crippen LogP contribution < -0.4 is 4.90 Å². The molecule has 0 radical (unpaired) electrons. The van der Waals surface area contributed by atoms with E-state index in [1.54, 1.807) is 4.90 Å². The van der Waals surface area contributed by atoms with Gasteiger partial charge in [-0.3, -0.25) is 9.69 Å². The molecule has 2 aliphatic heterocycles. The molecule has 0 spiro atoms. The van der Waals surface area contributed by atoms with Crippen LogP contribution >= 0.6 is 23.2 Å². The van der Waals surface area contributed by atoms with Crippen molar-refractivity contribution in [2.45, 2.75) is 38.6 Å². The molecule has 3 aromatic carbocycles. The Balaban J connectivity index is 1.85. The lowest BCUT2D eigenvalue weighted by atomic mass is 9.65. The van der Waals surface area contributed by atoms with E-state index in [9.17, 15) is 20.0 Å². The Morgan fingerprint density at radius 1 is 1.10 bits per heavy atom. The van der Waals surface area contributed by atoms with Gasteiger partial charge in [0.15, 0.2) is 0 Å². The molecule has 1 N–H and O–H groups in total. The Kier molecular flexibility index (Phi) is 7.28. The molecular formula is C31H24Cl2F3N3O3. The zero-order valence-electron chi connectivity index (χ0n) is 22.7. The molecule has 2 heterocycles. The first-order valence-electron chi connectivity index (χ1n) is 12.9. The zero-order chi connectivity index (χ0) is 30.7. The summed E-state index contributed by atoms with van der Waals surface area (Å²) in [5, 5.41) is 20.0. The minimum Gasteiger partial charge on any atom is -0.478 e. The van der Waals surface area contributed by atoms with E-state index in [4.69, 9.17) is 23.2 Å². The number of nitriles is 1. The smallest absolute Gasteiger partial charge is 0.335 e. The number of anilines is 1. The first-order valence-corrected chi connectivity index (χ1v) is 13.6. The van der Waals surface area contributed by atoms with E-state index in [-0.39, 0.29) is 56.8 Å². The summed E-state index contributed by atoms with van der Waals surface area (Å²) in [6.45, 7) is 5.46. The number of hydrogen-bond donors (Lipinski definition) is 1. The number of carbonyl (C=O) groups is 2. The first-order chi connectivity index (χ1) is 19.7. The third kappa shape index (κ3) is 4.59. The normalized spacial score (nSPS) is 20.3. The van der Waals surface area contributed by atoms with Crippen molar-refractivity contribution in [1.29, 1.82) is 5.26 Å². The third-order valence-electron chi connectivity index (χ3n) is 7.58. The van der Waals surface area contributed by atoms with Gasteiger partial charge in [0, 0.05) is 21.7 Å². The highest BCUT2D eigenvalue weighted by molar-refractivity contribution is 6.31. The average Bonchev–Trinajstić information content (AvgIpc) is 3.36. The Labute approximate surface area is 250 Å². The van der Waals surface area contributed by atoms with Crippen LogP contribution in [0, 0.1) is 34.2 Å². The molecule has 2 atom stereocenters. The summed E-state index contributed by atoms with van der Waals surface area (Å²) in [5.41, 5.74) is -3.38. The fraction of sp³-hybridized carbons (Fsp3) is 0.258. The van der Waals surface area contributed by atoms with E-state index in [1.807, 2.05) is 20.8 Å².